The number of nitrogens with zero attached hydrogens (tertiary/aromatic N) is 1. The molecular formula is C12H21N3OS. The molecule has 1 aromatic heterocycles. The predicted molar refractivity (Wildman–Crippen MR) is 71.5 cm³/mol. The summed E-state index contributed by atoms with van der Waals surface area (Å²) in [6.07, 6.45) is 1.88. The van der Waals surface area contributed by atoms with E-state index >= 15 is 0 Å². The molecule has 0 fully saturated rings. The molecule has 0 saturated carbocycles. The Balaban J connectivity index is 2.38. The molecule has 1 aromatic rings. The van der Waals surface area contributed by atoms with E-state index in [2.05, 4.69) is 29.5 Å². The lowest BCUT2D eigenvalue weighted by molar-refractivity contribution is 0.0949. The standard InChI is InChI=1S/C12H21N3OS/c1-9(2)7-11-15-10(8-17-11)12(16)14-6-4-5-13-3/h8-9,13H,4-7H2,1-3H3,(H,14,16). The second-order valence-corrected chi connectivity index (χ2v) is 5.38. The summed E-state index contributed by atoms with van der Waals surface area (Å²) in [7, 11) is 1.90. The second kappa shape index (κ2) is 7.40. The average molecular weight is 255 g/mol. The maximum atomic E-state index is 11.7. The zero-order valence-corrected chi connectivity index (χ0v) is 11.6. The number of amides is 1. The molecule has 96 valence electrons. The summed E-state index contributed by atoms with van der Waals surface area (Å²) < 4.78 is 0. The molecule has 0 atom stereocenters. The number of carbonyl (C=O) groups excluding carboxylic acids is 1. The van der Waals surface area contributed by atoms with Crippen LogP contribution in [0.2, 0.25) is 0 Å². The summed E-state index contributed by atoms with van der Waals surface area (Å²) in [5, 5.41) is 8.79. The van der Waals surface area contributed by atoms with E-state index in [0.29, 0.717) is 18.2 Å². The maximum absolute atomic E-state index is 11.7. The van der Waals surface area contributed by atoms with Crippen LogP contribution in [0.15, 0.2) is 5.38 Å². The Morgan fingerprint density at radius 2 is 2.24 bits per heavy atom. The number of rotatable bonds is 7. The summed E-state index contributed by atoms with van der Waals surface area (Å²) in [5.74, 6) is 0.514. The lowest BCUT2D eigenvalue weighted by Crippen LogP contribution is -2.26. The van der Waals surface area contributed by atoms with Gasteiger partial charge >= 0.3 is 0 Å². The van der Waals surface area contributed by atoms with Crippen molar-refractivity contribution in [3.8, 4) is 0 Å². The van der Waals surface area contributed by atoms with Gasteiger partial charge in [-0.15, -0.1) is 11.3 Å². The second-order valence-electron chi connectivity index (χ2n) is 4.44. The van der Waals surface area contributed by atoms with Crippen LogP contribution in [0.3, 0.4) is 0 Å². The zero-order valence-electron chi connectivity index (χ0n) is 10.7. The van der Waals surface area contributed by atoms with Gasteiger partial charge in [-0.2, -0.15) is 0 Å². The van der Waals surface area contributed by atoms with Crippen LogP contribution in [0, 0.1) is 5.92 Å². The highest BCUT2D eigenvalue weighted by Crippen LogP contribution is 2.14. The van der Waals surface area contributed by atoms with Crippen molar-refractivity contribution in [3.63, 3.8) is 0 Å². The molecule has 0 aromatic carbocycles. The van der Waals surface area contributed by atoms with Gasteiger partial charge < -0.3 is 10.6 Å². The van der Waals surface area contributed by atoms with Gasteiger partial charge in [0.05, 0.1) is 5.01 Å². The molecule has 0 saturated heterocycles. The van der Waals surface area contributed by atoms with E-state index in [9.17, 15) is 4.79 Å². The van der Waals surface area contributed by atoms with Crippen molar-refractivity contribution in [2.45, 2.75) is 26.7 Å². The van der Waals surface area contributed by atoms with Crippen molar-refractivity contribution < 1.29 is 4.79 Å². The fourth-order valence-electron chi connectivity index (χ4n) is 1.42. The Morgan fingerprint density at radius 1 is 1.47 bits per heavy atom. The molecule has 0 aliphatic carbocycles. The van der Waals surface area contributed by atoms with Crippen molar-refractivity contribution in [1.82, 2.24) is 15.6 Å². The largest absolute Gasteiger partial charge is 0.351 e. The van der Waals surface area contributed by atoms with Gasteiger partial charge in [0, 0.05) is 18.3 Å². The summed E-state index contributed by atoms with van der Waals surface area (Å²) in [4.78, 5) is 16.1. The molecule has 1 rings (SSSR count). The quantitative estimate of drug-likeness (QED) is 0.729. The third-order valence-corrected chi connectivity index (χ3v) is 3.13. The molecule has 0 radical (unpaired) electrons. The Bertz CT molecular complexity index is 349. The monoisotopic (exact) mass is 255 g/mol. The molecular weight excluding hydrogens is 234 g/mol. The molecule has 0 spiro atoms. The minimum Gasteiger partial charge on any atom is -0.351 e. The Labute approximate surface area is 107 Å². The third-order valence-electron chi connectivity index (χ3n) is 2.26. The molecule has 1 heterocycles. The van der Waals surface area contributed by atoms with E-state index in [1.165, 1.54) is 0 Å². The van der Waals surface area contributed by atoms with Crippen LogP contribution in [0.25, 0.3) is 0 Å². The van der Waals surface area contributed by atoms with Gasteiger partial charge in [0.1, 0.15) is 5.69 Å². The van der Waals surface area contributed by atoms with E-state index in [1.807, 2.05) is 12.4 Å². The number of thiazole rings is 1. The van der Waals surface area contributed by atoms with Crippen molar-refractivity contribution in [2.75, 3.05) is 20.1 Å². The summed E-state index contributed by atoms with van der Waals surface area (Å²) >= 11 is 1.57. The van der Waals surface area contributed by atoms with E-state index < -0.39 is 0 Å². The van der Waals surface area contributed by atoms with Crippen LogP contribution in [-0.4, -0.2) is 31.0 Å². The number of hydrogen-bond donors (Lipinski definition) is 2. The molecule has 17 heavy (non-hydrogen) atoms. The van der Waals surface area contributed by atoms with E-state index in [1.54, 1.807) is 11.3 Å². The fraction of sp³-hybridized carbons (Fsp3) is 0.667. The first-order chi connectivity index (χ1) is 8.13. The highest BCUT2D eigenvalue weighted by molar-refractivity contribution is 7.09. The van der Waals surface area contributed by atoms with Crippen LogP contribution in [0.5, 0.6) is 0 Å². The average Bonchev–Trinajstić information content (AvgIpc) is 2.71. The molecule has 2 N–H and O–H groups in total. The van der Waals surface area contributed by atoms with Gasteiger partial charge in [0.25, 0.3) is 5.91 Å². The van der Waals surface area contributed by atoms with Crippen LogP contribution in [0.4, 0.5) is 0 Å². The van der Waals surface area contributed by atoms with Gasteiger partial charge in [-0.3, -0.25) is 4.79 Å². The fourth-order valence-corrected chi connectivity index (χ4v) is 2.40. The summed E-state index contributed by atoms with van der Waals surface area (Å²) in [6, 6.07) is 0. The van der Waals surface area contributed by atoms with Crippen LogP contribution in [0.1, 0.15) is 35.8 Å². The van der Waals surface area contributed by atoms with E-state index in [0.717, 1.165) is 24.4 Å². The molecule has 5 heteroatoms. The van der Waals surface area contributed by atoms with Gasteiger partial charge in [0.15, 0.2) is 0 Å². The van der Waals surface area contributed by atoms with Gasteiger partial charge in [0.2, 0.25) is 0 Å². The minimum atomic E-state index is -0.0626. The predicted octanol–water partition coefficient (Wildman–Crippen LogP) is 1.68. The van der Waals surface area contributed by atoms with Gasteiger partial charge in [-0.25, -0.2) is 4.98 Å². The molecule has 0 bridgehead atoms. The minimum absolute atomic E-state index is 0.0626. The number of carbonyl (C=O) groups is 1. The first-order valence-electron chi connectivity index (χ1n) is 6.00. The lowest BCUT2D eigenvalue weighted by Gasteiger charge is -2.02. The lowest BCUT2D eigenvalue weighted by atomic mass is 10.1. The third kappa shape index (κ3) is 5.28. The maximum Gasteiger partial charge on any atom is 0.270 e. The van der Waals surface area contributed by atoms with Gasteiger partial charge in [-0.05, 0) is 25.9 Å². The Morgan fingerprint density at radius 3 is 2.88 bits per heavy atom. The van der Waals surface area contributed by atoms with Crippen molar-refractivity contribution >= 4 is 17.2 Å². The molecule has 4 nitrogen and oxygen atoms in total. The molecule has 1 amide bonds. The zero-order chi connectivity index (χ0) is 12.7. The van der Waals surface area contributed by atoms with Crippen LogP contribution in [-0.2, 0) is 6.42 Å². The number of nitrogens with one attached hydrogen (secondary N) is 2. The molecule has 0 aliphatic heterocycles. The summed E-state index contributed by atoms with van der Waals surface area (Å²) in [6.45, 7) is 5.91. The van der Waals surface area contributed by atoms with E-state index in [-0.39, 0.29) is 5.91 Å². The van der Waals surface area contributed by atoms with Gasteiger partial charge in [-0.1, -0.05) is 13.8 Å². The first-order valence-corrected chi connectivity index (χ1v) is 6.88. The molecule has 0 aliphatic rings. The first kappa shape index (κ1) is 14.1. The SMILES string of the molecule is CNCCCNC(=O)c1csc(CC(C)C)n1. The van der Waals surface area contributed by atoms with Crippen molar-refractivity contribution in [3.05, 3.63) is 16.1 Å². The number of hydrogen-bond acceptors (Lipinski definition) is 4. The number of aromatic nitrogens is 1. The van der Waals surface area contributed by atoms with Crippen molar-refractivity contribution in [1.29, 1.82) is 0 Å². The molecule has 0 unspecified atom stereocenters. The van der Waals surface area contributed by atoms with Crippen LogP contribution >= 0.6 is 11.3 Å². The van der Waals surface area contributed by atoms with Crippen molar-refractivity contribution in [2.24, 2.45) is 5.92 Å². The Hall–Kier alpha value is -0.940. The smallest absolute Gasteiger partial charge is 0.270 e. The van der Waals surface area contributed by atoms with Crippen LogP contribution < -0.4 is 10.6 Å². The topological polar surface area (TPSA) is 54.0 Å². The normalized spacial score (nSPS) is 10.8. The summed E-state index contributed by atoms with van der Waals surface area (Å²) in [5.41, 5.74) is 0.551. The highest BCUT2D eigenvalue weighted by atomic mass is 32.1. The Kier molecular flexibility index (Phi) is 6.15. The highest BCUT2D eigenvalue weighted by Gasteiger charge is 2.10. The van der Waals surface area contributed by atoms with E-state index in [4.69, 9.17) is 0 Å².